The number of ether oxygens (including phenoxy) is 2. The second-order valence-electron chi connectivity index (χ2n) is 4.54. The van der Waals surface area contributed by atoms with Gasteiger partial charge in [-0.2, -0.15) is 0 Å². The zero-order chi connectivity index (χ0) is 14.6. The lowest BCUT2D eigenvalue weighted by Gasteiger charge is -2.19. The zero-order valence-corrected chi connectivity index (χ0v) is 13.7. The monoisotopic (exact) mass is 363 g/mol. The van der Waals surface area contributed by atoms with E-state index in [1.54, 1.807) is 6.07 Å². The molecule has 5 nitrogen and oxygen atoms in total. The van der Waals surface area contributed by atoms with Gasteiger partial charge in [0, 0.05) is 17.4 Å². The molecule has 7 heteroatoms. The number of hydrogen-bond donors (Lipinski definition) is 1. The van der Waals surface area contributed by atoms with E-state index in [0.29, 0.717) is 31.3 Å². The van der Waals surface area contributed by atoms with Gasteiger partial charge in [0.2, 0.25) is 10.0 Å². The van der Waals surface area contributed by atoms with Gasteiger partial charge in [-0.25, -0.2) is 13.1 Å². The highest BCUT2D eigenvalue weighted by Crippen LogP contribution is 2.32. The summed E-state index contributed by atoms with van der Waals surface area (Å²) in [6, 6.07) is 4.65. The summed E-state index contributed by atoms with van der Waals surface area (Å²) in [5, 5.41) is 0. The summed E-state index contributed by atoms with van der Waals surface area (Å²) < 4.78 is 37.8. The third kappa shape index (κ3) is 3.86. The standard InChI is InChI=1S/C13H18BrNO4S/c1-2-3-10(14)9-15-20(16,17)11-4-5-12-13(8-11)19-7-6-18-12/h4-5,8,10,15H,2-3,6-7,9H2,1H3. The van der Waals surface area contributed by atoms with E-state index < -0.39 is 10.0 Å². The van der Waals surface area contributed by atoms with Crippen LogP contribution in [-0.2, 0) is 10.0 Å². The average Bonchev–Trinajstić information content (AvgIpc) is 2.45. The van der Waals surface area contributed by atoms with Crippen LogP contribution in [0.5, 0.6) is 11.5 Å². The van der Waals surface area contributed by atoms with Gasteiger partial charge in [-0.05, 0) is 18.6 Å². The van der Waals surface area contributed by atoms with Crippen molar-refractivity contribution in [2.45, 2.75) is 29.5 Å². The highest BCUT2D eigenvalue weighted by molar-refractivity contribution is 9.09. The van der Waals surface area contributed by atoms with Gasteiger partial charge in [0.1, 0.15) is 13.2 Å². The molecule has 1 aliphatic heterocycles. The molecule has 1 aromatic rings. The van der Waals surface area contributed by atoms with Crippen LogP contribution in [0.2, 0.25) is 0 Å². The highest BCUT2D eigenvalue weighted by Gasteiger charge is 2.19. The van der Waals surface area contributed by atoms with Crippen molar-refractivity contribution in [3.05, 3.63) is 18.2 Å². The Labute approximate surface area is 127 Å². The number of nitrogens with one attached hydrogen (secondary N) is 1. The van der Waals surface area contributed by atoms with Crippen molar-refractivity contribution < 1.29 is 17.9 Å². The Morgan fingerprint density at radius 3 is 2.70 bits per heavy atom. The molecule has 0 radical (unpaired) electrons. The maximum absolute atomic E-state index is 12.2. The van der Waals surface area contributed by atoms with Crippen molar-refractivity contribution in [3.8, 4) is 11.5 Å². The molecule has 0 saturated carbocycles. The van der Waals surface area contributed by atoms with E-state index in [1.165, 1.54) is 12.1 Å². The van der Waals surface area contributed by atoms with Crippen molar-refractivity contribution in [1.29, 1.82) is 0 Å². The lowest BCUT2D eigenvalue weighted by Crippen LogP contribution is -2.29. The van der Waals surface area contributed by atoms with Crippen molar-refractivity contribution in [3.63, 3.8) is 0 Å². The van der Waals surface area contributed by atoms with Crippen LogP contribution < -0.4 is 14.2 Å². The predicted molar refractivity (Wildman–Crippen MR) is 80.2 cm³/mol. The smallest absolute Gasteiger partial charge is 0.240 e. The van der Waals surface area contributed by atoms with Crippen molar-refractivity contribution in [2.24, 2.45) is 0 Å². The molecular formula is C13H18BrNO4S. The van der Waals surface area contributed by atoms with Gasteiger partial charge in [0.25, 0.3) is 0 Å². The van der Waals surface area contributed by atoms with Crippen LogP contribution in [-0.4, -0.2) is 33.0 Å². The van der Waals surface area contributed by atoms with Crippen LogP contribution in [0.1, 0.15) is 19.8 Å². The summed E-state index contributed by atoms with van der Waals surface area (Å²) in [7, 11) is -3.52. The first-order valence-electron chi connectivity index (χ1n) is 6.56. The van der Waals surface area contributed by atoms with E-state index in [4.69, 9.17) is 9.47 Å². The minimum atomic E-state index is -3.52. The lowest BCUT2D eigenvalue weighted by atomic mass is 10.2. The molecule has 0 aliphatic carbocycles. The Bertz CT molecular complexity index is 561. The van der Waals surface area contributed by atoms with Gasteiger partial charge in [-0.1, -0.05) is 29.3 Å². The summed E-state index contributed by atoms with van der Waals surface area (Å²) in [5.74, 6) is 1.06. The Hall–Kier alpha value is -0.790. The van der Waals surface area contributed by atoms with Gasteiger partial charge in [0.15, 0.2) is 11.5 Å². The fourth-order valence-electron chi connectivity index (χ4n) is 1.89. The van der Waals surface area contributed by atoms with Crippen LogP contribution in [0.4, 0.5) is 0 Å². The van der Waals surface area contributed by atoms with Crippen molar-refractivity contribution in [2.75, 3.05) is 19.8 Å². The van der Waals surface area contributed by atoms with E-state index in [0.717, 1.165) is 12.8 Å². The first-order chi connectivity index (χ1) is 9.53. The van der Waals surface area contributed by atoms with E-state index in [9.17, 15) is 8.42 Å². The van der Waals surface area contributed by atoms with E-state index in [2.05, 4.69) is 27.6 Å². The van der Waals surface area contributed by atoms with Gasteiger partial charge >= 0.3 is 0 Å². The fraction of sp³-hybridized carbons (Fsp3) is 0.538. The van der Waals surface area contributed by atoms with Crippen molar-refractivity contribution >= 4 is 26.0 Å². The van der Waals surface area contributed by atoms with Crippen LogP contribution in [0.25, 0.3) is 0 Å². The lowest BCUT2D eigenvalue weighted by molar-refractivity contribution is 0.171. The summed E-state index contributed by atoms with van der Waals surface area (Å²) in [5.41, 5.74) is 0. The summed E-state index contributed by atoms with van der Waals surface area (Å²) in [4.78, 5) is 0.331. The van der Waals surface area contributed by atoms with Gasteiger partial charge in [-0.3, -0.25) is 0 Å². The van der Waals surface area contributed by atoms with Crippen LogP contribution in [0.15, 0.2) is 23.1 Å². The predicted octanol–water partition coefficient (Wildman–Crippen LogP) is 2.30. The number of halogens is 1. The molecule has 1 heterocycles. The SMILES string of the molecule is CCCC(Br)CNS(=O)(=O)c1ccc2c(c1)OCCO2. The zero-order valence-electron chi connectivity index (χ0n) is 11.3. The Morgan fingerprint density at radius 1 is 1.30 bits per heavy atom. The molecule has 1 unspecified atom stereocenters. The number of sulfonamides is 1. The van der Waals surface area contributed by atoms with E-state index in [-0.39, 0.29) is 9.72 Å². The molecule has 0 saturated heterocycles. The normalized spacial score (nSPS) is 15.9. The number of hydrogen-bond acceptors (Lipinski definition) is 4. The molecule has 20 heavy (non-hydrogen) atoms. The third-order valence-electron chi connectivity index (χ3n) is 2.92. The molecule has 0 amide bonds. The number of benzene rings is 1. The van der Waals surface area contributed by atoms with Gasteiger partial charge in [-0.15, -0.1) is 0 Å². The number of alkyl halides is 1. The van der Waals surface area contributed by atoms with Crippen molar-refractivity contribution in [1.82, 2.24) is 4.72 Å². The summed E-state index contributed by atoms with van der Waals surface area (Å²) in [6.45, 7) is 3.34. The molecule has 112 valence electrons. The number of rotatable bonds is 6. The highest BCUT2D eigenvalue weighted by atomic mass is 79.9. The van der Waals surface area contributed by atoms with Gasteiger partial charge < -0.3 is 9.47 Å². The Morgan fingerprint density at radius 2 is 2.00 bits per heavy atom. The molecule has 0 fully saturated rings. The minimum Gasteiger partial charge on any atom is -0.486 e. The van der Waals surface area contributed by atoms with Gasteiger partial charge in [0.05, 0.1) is 4.90 Å². The maximum atomic E-state index is 12.2. The van der Waals surface area contributed by atoms with Crippen LogP contribution >= 0.6 is 15.9 Å². The first-order valence-corrected chi connectivity index (χ1v) is 8.96. The largest absolute Gasteiger partial charge is 0.486 e. The summed E-state index contributed by atoms with van der Waals surface area (Å²) in [6.07, 6.45) is 1.92. The maximum Gasteiger partial charge on any atom is 0.240 e. The third-order valence-corrected chi connectivity index (χ3v) is 5.12. The molecule has 2 rings (SSSR count). The van der Waals surface area contributed by atoms with Crippen LogP contribution in [0, 0.1) is 0 Å². The average molecular weight is 364 g/mol. The fourth-order valence-corrected chi connectivity index (χ4v) is 3.82. The molecule has 0 aromatic heterocycles. The topological polar surface area (TPSA) is 64.6 Å². The minimum absolute atomic E-state index is 0.138. The first kappa shape index (κ1) is 15.6. The molecule has 1 N–H and O–H groups in total. The molecule has 0 spiro atoms. The molecule has 1 aliphatic rings. The molecular weight excluding hydrogens is 346 g/mol. The van der Waals surface area contributed by atoms with E-state index in [1.807, 2.05) is 0 Å². The van der Waals surface area contributed by atoms with Crippen LogP contribution in [0.3, 0.4) is 0 Å². The second-order valence-corrected chi connectivity index (χ2v) is 7.61. The Balaban J connectivity index is 2.09. The summed E-state index contributed by atoms with van der Waals surface area (Å²) >= 11 is 3.45. The molecule has 1 atom stereocenters. The van der Waals surface area contributed by atoms with E-state index >= 15 is 0 Å². The molecule has 1 aromatic carbocycles. The Kier molecular flexibility index (Phi) is 5.29. The number of fused-ring (bicyclic) bond motifs is 1. The quantitative estimate of drug-likeness (QED) is 0.787. The second kappa shape index (κ2) is 6.78. The molecule has 0 bridgehead atoms.